The van der Waals surface area contributed by atoms with Gasteiger partial charge in [-0.3, -0.25) is 14.5 Å². The number of carbonyl (C=O) groups is 2. The van der Waals surface area contributed by atoms with Gasteiger partial charge >= 0.3 is 0 Å². The number of imide groups is 1. The molecule has 0 spiro atoms. The lowest BCUT2D eigenvalue weighted by molar-refractivity contribution is -0.143. The molecule has 2 aliphatic heterocycles. The van der Waals surface area contributed by atoms with Gasteiger partial charge < -0.3 is 5.32 Å². The zero-order chi connectivity index (χ0) is 14.2. The second kappa shape index (κ2) is 5.02. The van der Waals surface area contributed by atoms with Crippen LogP contribution in [0.5, 0.6) is 0 Å². The Balaban J connectivity index is 1.90. The number of likely N-dealkylation sites (tertiary alicyclic amines) is 1. The Morgan fingerprint density at radius 1 is 1.15 bits per heavy atom. The molecule has 0 aliphatic carbocycles. The number of nitrogens with zero attached hydrogens (tertiary/aromatic N) is 1. The van der Waals surface area contributed by atoms with E-state index in [2.05, 4.69) is 5.32 Å². The lowest BCUT2D eigenvalue weighted by Crippen LogP contribution is -2.47. The van der Waals surface area contributed by atoms with Gasteiger partial charge in [0.2, 0.25) is 11.8 Å². The summed E-state index contributed by atoms with van der Waals surface area (Å²) in [4.78, 5) is 26.7. The van der Waals surface area contributed by atoms with Crippen LogP contribution in [0.1, 0.15) is 31.7 Å². The average Bonchev–Trinajstić information content (AvgIpc) is 2.72. The number of nitrogens with one attached hydrogen (secondary N) is 1. The van der Waals surface area contributed by atoms with Crippen molar-refractivity contribution in [2.45, 2.75) is 37.6 Å². The molecule has 2 fully saturated rings. The van der Waals surface area contributed by atoms with Gasteiger partial charge in [-0.1, -0.05) is 30.3 Å². The van der Waals surface area contributed by atoms with E-state index in [1.54, 1.807) is 0 Å². The Kier molecular flexibility index (Phi) is 3.34. The molecular weight excluding hydrogens is 252 g/mol. The first-order valence-corrected chi connectivity index (χ1v) is 7.26. The van der Waals surface area contributed by atoms with Crippen LogP contribution >= 0.6 is 0 Å². The maximum atomic E-state index is 12.8. The number of benzene rings is 1. The summed E-state index contributed by atoms with van der Waals surface area (Å²) >= 11 is 0. The molecule has 0 saturated carbocycles. The highest BCUT2D eigenvalue weighted by molar-refractivity contribution is 6.09. The van der Waals surface area contributed by atoms with Gasteiger partial charge in [0.1, 0.15) is 0 Å². The normalized spacial score (nSPS) is 28.1. The molecule has 0 radical (unpaired) electrons. The second-order valence-corrected chi connectivity index (χ2v) is 5.92. The Hall–Kier alpha value is -1.68. The molecule has 2 amide bonds. The number of amides is 2. The number of rotatable bonds is 2. The molecule has 1 aromatic rings. The molecule has 1 aromatic carbocycles. The van der Waals surface area contributed by atoms with Crippen LogP contribution in [-0.2, 0) is 15.0 Å². The molecular formula is C16H20N2O2. The topological polar surface area (TPSA) is 49.4 Å². The summed E-state index contributed by atoms with van der Waals surface area (Å²) in [6.45, 7) is 3.65. The highest BCUT2D eigenvalue weighted by Gasteiger charge is 2.51. The molecule has 3 rings (SSSR count). The smallest absolute Gasteiger partial charge is 0.240 e. The molecule has 4 heteroatoms. The van der Waals surface area contributed by atoms with Gasteiger partial charge in [-0.2, -0.15) is 0 Å². The molecule has 106 valence electrons. The quantitative estimate of drug-likeness (QED) is 0.829. The highest BCUT2D eigenvalue weighted by Crippen LogP contribution is 2.38. The number of hydrogen-bond acceptors (Lipinski definition) is 3. The maximum absolute atomic E-state index is 12.8. The first-order chi connectivity index (χ1) is 9.63. The van der Waals surface area contributed by atoms with Crippen LogP contribution in [0.25, 0.3) is 0 Å². The van der Waals surface area contributed by atoms with Gasteiger partial charge in [-0.15, -0.1) is 0 Å². The van der Waals surface area contributed by atoms with Gasteiger partial charge in [0.05, 0.1) is 5.41 Å². The summed E-state index contributed by atoms with van der Waals surface area (Å²) in [5.74, 6) is -0.0474. The Bertz CT molecular complexity index is 523. The predicted molar refractivity (Wildman–Crippen MR) is 76.2 cm³/mol. The standard InChI is InChI=1S/C16H20N2O2/c1-16(12-5-3-2-4-6-12)11-14(19)18(15(16)20)13-7-9-17-10-8-13/h2-6,13,17H,7-11H2,1H3. The van der Waals surface area contributed by atoms with E-state index in [4.69, 9.17) is 0 Å². The van der Waals surface area contributed by atoms with Crippen molar-refractivity contribution in [3.8, 4) is 0 Å². The molecule has 20 heavy (non-hydrogen) atoms. The predicted octanol–water partition coefficient (Wildman–Crippen LogP) is 1.46. The van der Waals surface area contributed by atoms with Gasteiger partial charge in [0.25, 0.3) is 0 Å². The average molecular weight is 272 g/mol. The minimum atomic E-state index is -0.691. The fourth-order valence-electron chi connectivity index (χ4n) is 3.31. The largest absolute Gasteiger partial charge is 0.317 e. The summed E-state index contributed by atoms with van der Waals surface area (Å²) in [7, 11) is 0. The molecule has 2 aliphatic rings. The van der Waals surface area contributed by atoms with E-state index in [0.717, 1.165) is 31.5 Å². The maximum Gasteiger partial charge on any atom is 0.240 e. The summed E-state index contributed by atoms with van der Waals surface area (Å²) in [5.41, 5.74) is 0.248. The van der Waals surface area contributed by atoms with Gasteiger partial charge in [-0.25, -0.2) is 0 Å². The molecule has 2 saturated heterocycles. The summed E-state index contributed by atoms with van der Waals surface area (Å²) in [6.07, 6.45) is 2.02. The van der Waals surface area contributed by atoms with E-state index in [1.165, 1.54) is 4.90 Å². The van der Waals surface area contributed by atoms with Crippen LogP contribution in [0.3, 0.4) is 0 Å². The van der Waals surface area contributed by atoms with Crippen LogP contribution in [0.15, 0.2) is 30.3 Å². The van der Waals surface area contributed by atoms with Crippen molar-refractivity contribution in [3.63, 3.8) is 0 Å². The first-order valence-electron chi connectivity index (χ1n) is 7.26. The highest BCUT2D eigenvalue weighted by atomic mass is 16.2. The third-order valence-electron chi connectivity index (χ3n) is 4.55. The summed E-state index contributed by atoms with van der Waals surface area (Å²) in [6, 6.07) is 9.73. The Morgan fingerprint density at radius 2 is 1.80 bits per heavy atom. The first kappa shape index (κ1) is 13.3. The summed E-state index contributed by atoms with van der Waals surface area (Å²) in [5, 5.41) is 3.27. The van der Waals surface area contributed by atoms with Crippen LogP contribution in [0.4, 0.5) is 0 Å². The van der Waals surface area contributed by atoms with E-state index in [1.807, 2.05) is 37.3 Å². The molecule has 1 N–H and O–H groups in total. The van der Waals surface area contributed by atoms with Crippen LogP contribution in [-0.4, -0.2) is 35.8 Å². The van der Waals surface area contributed by atoms with Crippen molar-refractivity contribution in [1.82, 2.24) is 10.2 Å². The zero-order valence-corrected chi connectivity index (χ0v) is 11.8. The van der Waals surface area contributed by atoms with Crippen molar-refractivity contribution >= 4 is 11.8 Å². The Labute approximate surface area is 119 Å². The minimum absolute atomic E-state index is 0.0201. The Morgan fingerprint density at radius 3 is 2.45 bits per heavy atom. The molecule has 0 bridgehead atoms. The molecule has 2 heterocycles. The van der Waals surface area contributed by atoms with E-state index >= 15 is 0 Å². The third-order valence-corrected chi connectivity index (χ3v) is 4.55. The van der Waals surface area contributed by atoms with Crippen molar-refractivity contribution in [2.75, 3.05) is 13.1 Å². The fourth-order valence-corrected chi connectivity index (χ4v) is 3.31. The van der Waals surface area contributed by atoms with Crippen molar-refractivity contribution < 1.29 is 9.59 Å². The van der Waals surface area contributed by atoms with Crippen molar-refractivity contribution in [2.24, 2.45) is 0 Å². The molecule has 1 unspecified atom stereocenters. The second-order valence-electron chi connectivity index (χ2n) is 5.92. The van der Waals surface area contributed by atoms with Crippen LogP contribution < -0.4 is 5.32 Å². The van der Waals surface area contributed by atoms with E-state index in [0.29, 0.717) is 6.42 Å². The van der Waals surface area contributed by atoms with E-state index < -0.39 is 5.41 Å². The van der Waals surface area contributed by atoms with Crippen molar-refractivity contribution in [3.05, 3.63) is 35.9 Å². The van der Waals surface area contributed by atoms with Gasteiger partial charge in [0.15, 0.2) is 0 Å². The monoisotopic (exact) mass is 272 g/mol. The fraction of sp³-hybridized carbons (Fsp3) is 0.500. The SMILES string of the molecule is CC1(c2ccccc2)CC(=O)N(C2CCNCC2)C1=O. The van der Waals surface area contributed by atoms with Crippen LogP contribution in [0.2, 0.25) is 0 Å². The van der Waals surface area contributed by atoms with E-state index in [-0.39, 0.29) is 17.9 Å². The molecule has 0 aromatic heterocycles. The molecule has 4 nitrogen and oxygen atoms in total. The lowest BCUT2D eigenvalue weighted by Gasteiger charge is -2.31. The van der Waals surface area contributed by atoms with E-state index in [9.17, 15) is 9.59 Å². The van der Waals surface area contributed by atoms with Crippen LogP contribution in [0, 0.1) is 0 Å². The van der Waals surface area contributed by atoms with Crippen molar-refractivity contribution in [1.29, 1.82) is 0 Å². The van der Waals surface area contributed by atoms with Gasteiger partial charge in [0, 0.05) is 12.5 Å². The third kappa shape index (κ3) is 2.04. The zero-order valence-electron chi connectivity index (χ0n) is 11.8. The number of carbonyl (C=O) groups excluding carboxylic acids is 2. The minimum Gasteiger partial charge on any atom is -0.317 e. The van der Waals surface area contributed by atoms with Gasteiger partial charge in [-0.05, 0) is 38.4 Å². The lowest BCUT2D eigenvalue weighted by atomic mass is 9.81. The molecule has 1 atom stereocenters. The summed E-state index contributed by atoms with van der Waals surface area (Å²) < 4.78 is 0. The number of hydrogen-bond donors (Lipinski definition) is 1. The number of piperidine rings is 1.